The third-order valence-corrected chi connectivity index (χ3v) is 1.55. The summed E-state index contributed by atoms with van der Waals surface area (Å²) in [7, 11) is 0. The number of hydrogen-bond donors (Lipinski definition) is 3. The standard InChI is InChI=1S/C8H9FO3/c1-4(10)5-2-8(12)6(9)3-7(5)11/h2-4,10-12H,1H3. The number of aliphatic hydroxyl groups is 1. The van der Waals surface area contributed by atoms with Crippen LogP contribution in [-0.4, -0.2) is 15.3 Å². The van der Waals surface area contributed by atoms with Crippen LogP contribution in [0.5, 0.6) is 11.5 Å². The van der Waals surface area contributed by atoms with Gasteiger partial charge in [0.05, 0.1) is 6.10 Å². The van der Waals surface area contributed by atoms with Crippen LogP contribution in [0.25, 0.3) is 0 Å². The van der Waals surface area contributed by atoms with Crippen LogP contribution in [0.15, 0.2) is 12.1 Å². The van der Waals surface area contributed by atoms with Gasteiger partial charge in [-0.15, -0.1) is 0 Å². The van der Waals surface area contributed by atoms with E-state index in [9.17, 15) is 4.39 Å². The molecular weight excluding hydrogens is 163 g/mol. The SMILES string of the molecule is CC(O)c1cc(O)c(F)cc1O. The first-order valence-corrected chi connectivity index (χ1v) is 3.42. The largest absolute Gasteiger partial charge is 0.507 e. The Labute approximate surface area is 68.7 Å². The number of aliphatic hydroxyl groups excluding tert-OH is 1. The maximum atomic E-state index is 12.5. The Morgan fingerprint density at radius 2 is 1.83 bits per heavy atom. The number of hydrogen-bond acceptors (Lipinski definition) is 3. The van der Waals surface area contributed by atoms with Crippen molar-refractivity contribution in [3.8, 4) is 11.5 Å². The zero-order valence-corrected chi connectivity index (χ0v) is 6.45. The normalized spacial score (nSPS) is 12.9. The van der Waals surface area contributed by atoms with Crippen molar-refractivity contribution in [2.75, 3.05) is 0 Å². The van der Waals surface area contributed by atoms with E-state index in [0.29, 0.717) is 0 Å². The van der Waals surface area contributed by atoms with Crippen LogP contribution in [0, 0.1) is 5.82 Å². The van der Waals surface area contributed by atoms with Crippen LogP contribution in [0.4, 0.5) is 4.39 Å². The van der Waals surface area contributed by atoms with Crippen LogP contribution in [0.1, 0.15) is 18.6 Å². The predicted molar refractivity (Wildman–Crippen MR) is 40.4 cm³/mol. The second-order valence-electron chi connectivity index (χ2n) is 2.54. The van der Waals surface area contributed by atoms with Crippen molar-refractivity contribution >= 4 is 0 Å². The first-order chi connectivity index (χ1) is 5.52. The zero-order chi connectivity index (χ0) is 9.30. The lowest BCUT2D eigenvalue weighted by atomic mass is 10.1. The van der Waals surface area contributed by atoms with Crippen molar-refractivity contribution in [3.63, 3.8) is 0 Å². The van der Waals surface area contributed by atoms with Gasteiger partial charge < -0.3 is 15.3 Å². The Morgan fingerprint density at radius 1 is 1.25 bits per heavy atom. The van der Waals surface area contributed by atoms with Gasteiger partial charge in [0.1, 0.15) is 5.75 Å². The highest BCUT2D eigenvalue weighted by molar-refractivity contribution is 5.40. The number of aromatic hydroxyl groups is 2. The summed E-state index contributed by atoms with van der Waals surface area (Å²) in [6.07, 6.45) is -0.934. The minimum atomic E-state index is -0.934. The quantitative estimate of drug-likeness (QED) is 0.559. The molecule has 12 heavy (non-hydrogen) atoms. The first-order valence-electron chi connectivity index (χ1n) is 3.42. The Kier molecular flexibility index (Phi) is 2.19. The highest BCUT2D eigenvalue weighted by atomic mass is 19.1. The van der Waals surface area contributed by atoms with Gasteiger partial charge in [0.2, 0.25) is 0 Å². The average molecular weight is 172 g/mol. The van der Waals surface area contributed by atoms with E-state index in [1.807, 2.05) is 0 Å². The Hall–Kier alpha value is -1.29. The second-order valence-corrected chi connectivity index (χ2v) is 2.54. The lowest BCUT2D eigenvalue weighted by Crippen LogP contribution is -1.92. The molecule has 0 saturated carbocycles. The summed E-state index contributed by atoms with van der Waals surface area (Å²) < 4.78 is 12.5. The monoisotopic (exact) mass is 172 g/mol. The summed E-state index contributed by atoms with van der Waals surface area (Å²) in [6.45, 7) is 1.41. The summed E-state index contributed by atoms with van der Waals surface area (Å²) >= 11 is 0. The fourth-order valence-electron chi connectivity index (χ4n) is 0.902. The molecule has 66 valence electrons. The van der Waals surface area contributed by atoms with Gasteiger partial charge in [-0.05, 0) is 13.0 Å². The Morgan fingerprint density at radius 3 is 2.33 bits per heavy atom. The highest BCUT2D eigenvalue weighted by Crippen LogP contribution is 2.29. The molecule has 0 bridgehead atoms. The molecule has 0 spiro atoms. The van der Waals surface area contributed by atoms with Crippen molar-refractivity contribution in [1.82, 2.24) is 0 Å². The van der Waals surface area contributed by atoms with E-state index in [2.05, 4.69) is 0 Å². The summed E-state index contributed by atoms with van der Waals surface area (Å²) in [5.41, 5.74) is 0.105. The van der Waals surface area contributed by atoms with E-state index in [-0.39, 0.29) is 11.3 Å². The molecular formula is C8H9FO3. The maximum Gasteiger partial charge on any atom is 0.168 e. The Balaban J connectivity index is 3.23. The fraction of sp³-hybridized carbons (Fsp3) is 0.250. The molecule has 0 aliphatic heterocycles. The molecule has 1 unspecified atom stereocenters. The van der Waals surface area contributed by atoms with E-state index in [1.165, 1.54) is 6.92 Å². The molecule has 0 amide bonds. The molecule has 0 radical (unpaired) electrons. The molecule has 3 N–H and O–H groups in total. The number of phenolic OH excluding ortho intramolecular Hbond substituents is 2. The van der Waals surface area contributed by atoms with Crippen molar-refractivity contribution in [1.29, 1.82) is 0 Å². The summed E-state index contributed by atoms with van der Waals surface area (Å²) in [4.78, 5) is 0. The lowest BCUT2D eigenvalue weighted by molar-refractivity contribution is 0.194. The van der Waals surface area contributed by atoms with E-state index < -0.39 is 17.7 Å². The van der Waals surface area contributed by atoms with Gasteiger partial charge in [0.25, 0.3) is 0 Å². The number of halogens is 1. The molecule has 0 aliphatic rings. The van der Waals surface area contributed by atoms with Crippen LogP contribution in [-0.2, 0) is 0 Å². The molecule has 0 heterocycles. The predicted octanol–water partition coefficient (Wildman–Crippen LogP) is 1.29. The molecule has 0 saturated heterocycles. The molecule has 0 aromatic heterocycles. The second kappa shape index (κ2) is 2.98. The molecule has 1 aromatic rings. The van der Waals surface area contributed by atoms with E-state index in [4.69, 9.17) is 15.3 Å². The maximum absolute atomic E-state index is 12.5. The van der Waals surface area contributed by atoms with Crippen LogP contribution >= 0.6 is 0 Å². The third-order valence-electron chi connectivity index (χ3n) is 1.55. The molecule has 3 nitrogen and oxygen atoms in total. The average Bonchev–Trinajstić information content (AvgIpc) is 1.96. The molecule has 0 aliphatic carbocycles. The summed E-state index contributed by atoms with van der Waals surface area (Å²) in [5, 5.41) is 27.0. The lowest BCUT2D eigenvalue weighted by Gasteiger charge is -2.07. The molecule has 4 heteroatoms. The van der Waals surface area contributed by atoms with E-state index in [0.717, 1.165) is 12.1 Å². The minimum absolute atomic E-state index is 0.105. The van der Waals surface area contributed by atoms with Gasteiger partial charge in [-0.1, -0.05) is 0 Å². The van der Waals surface area contributed by atoms with Gasteiger partial charge in [0.15, 0.2) is 11.6 Å². The molecule has 1 rings (SSSR count). The van der Waals surface area contributed by atoms with Crippen molar-refractivity contribution in [2.24, 2.45) is 0 Å². The topological polar surface area (TPSA) is 60.7 Å². The Bertz CT molecular complexity index is 297. The first kappa shape index (κ1) is 8.80. The van der Waals surface area contributed by atoms with E-state index >= 15 is 0 Å². The van der Waals surface area contributed by atoms with Crippen molar-refractivity contribution in [2.45, 2.75) is 13.0 Å². The van der Waals surface area contributed by atoms with Crippen LogP contribution < -0.4 is 0 Å². The van der Waals surface area contributed by atoms with Crippen LogP contribution in [0.2, 0.25) is 0 Å². The number of rotatable bonds is 1. The smallest absolute Gasteiger partial charge is 0.168 e. The van der Waals surface area contributed by atoms with Gasteiger partial charge in [-0.3, -0.25) is 0 Å². The van der Waals surface area contributed by atoms with Gasteiger partial charge in [-0.2, -0.15) is 0 Å². The van der Waals surface area contributed by atoms with Gasteiger partial charge in [0, 0.05) is 11.6 Å². The zero-order valence-electron chi connectivity index (χ0n) is 6.45. The molecule has 1 aromatic carbocycles. The number of phenols is 2. The van der Waals surface area contributed by atoms with Crippen molar-refractivity contribution in [3.05, 3.63) is 23.5 Å². The molecule has 0 fully saturated rings. The van der Waals surface area contributed by atoms with E-state index in [1.54, 1.807) is 0 Å². The summed E-state index contributed by atoms with van der Waals surface area (Å²) in [6, 6.07) is 1.76. The third kappa shape index (κ3) is 1.48. The fourth-order valence-corrected chi connectivity index (χ4v) is 0.902. The highest BCUT2D eigenvalue weighted by Gasteiger charge is 2.11. The van der Waals surface area contributed by atoms with Crippen LogP contribution in [0.3, 0.4) is 0 Å². The minimum Gasteiger partial charge on any atom is -0.507 e. The summed E-state index contributed by atoms with van der Waals surface area (Å²) in [5.74, 6) is -1.85. The van der Waals surface area contributed by atoms with Gasteiger partial charge >= 0.3 is 0 Å². The number of benzene rings is 1. The van der Waals surface area contributed by atoms with Gasteiger partial charge in [-0.25, -0.2) is 4.39 Å². The van der Waals surface area contributed by atoms with Crippen molar-refractivity contribution < 1.29 is 19.7 Å². The molecule has 1 atom stereocenters.